The number of non-ortho nitro benzene ring substituents is 1. The van der Waals surface area contributed by atoms with Crippen molar-refractivity contribution >= 4 is 29.3 Å². The van der Waals surface area contributed by atoms with E-state index in [1.54, 1.807) is 37.3 Å². The van der Waals surface area contributed by atoms with Gasteiger partial charge in [0.15, 0.2) is 11.5 Å². The summed E-state index contributed by atoms with van der Waals surface area (Å²) in [4.78, 5) is 35.8. The van der Waals surface area contributed by atoms with Crippen LogP contribution < -0.4 is 19.5 Å². The predicted octanol–water partition coefficient (Wildman–Crippen LogP) is 5.08. The molecule has 0 saturated heterocycles. The maximum absolute atomic E-state index is 12.8. The molecule has 1 N–H and O–H groups in total. The zero-order chi connectivity index (χ0) is 26.9. The van der Waals surface area contributed by atoms with Gasteiger partial charge in [-0.25, -0.2) is 4.79 Å². The number of methoxy groups -OCH3 is 1. The first kappa shape index (κ1) is 26.4. The molecule has 3 rings (SSSR count). The van der Waals surface area contributed by atoms with E-state index in [0.717, 1.165) is 11.6 Å². The van der Waals surface area contributed by atoms with Crippen molar-refractivity contribution < 1.29 is 28.7 Å². The van der Waals surface area contributed by atoms with Crippen LogP contribution in [0.5, 0.6) is 17.2 Å². The highest BCUT2D eigenvalue weighted by molar-refractivity contribution is 6.10. The average Bonchev–Trinajstić information content (AvgIpc) is 2.88. The second-order valence-electron chi connectivity index (χ2n) is 7.66. The Balaban J connectivity index is 1.86. The van der Waals surface area contributed by atoms with Gasteiger partial charge in [0.05, 0.1) is 29.9 Å². The third-order valence-corrected chi connectivity index (χ3v) is 5.08. The van der Waals surface area contributed by atoms with Gasteiger partial charge in [0.2, 0.25) is 0 Å². The standard InChI is InChI=1S/C27H23N3O7/c1-4-36-25-14-18(7-11-24(25)37-27(32)19-8-5-17(2)6-9-19)13-20(16-28)26(31)29-22-15-21(30(33)34)10-12-23(22)35-3/h5-15H,4H2,1-3H3,(H,29,31)/b20-13+. The average molecular weight is 501 g/mol. The van der Waals surface area contributed by atoms with Gasteiger partial charge in [-0.1, -0.05) is 23.8 Å². The number of nitro groups is 1. The Morgan fingerprint density at radius 1 is 1.05 bits per heavy atom. The van der Waals surface area contributed by atoms with Crippen LogP contribution in [0, 0.1) is 28.4 Å². The Hall–Kier alpha value is -5.17. The highest BCUT2D eigenvalue weighted by Crippen LogP contribution is 2.31. The van der Waals surface area contributed by atoms with Crippen molar-refractivity contribution in [2.24, 2.45) is 0 Å². The topological polar surface area (TPSA) is 141 Å². The number of nitrogens with zero attached hydrogens (tertiary/aromatic N) is 2. The maximum Gasteiger partial charge on any atom is 0.343 e. The molecule has 0 bridgehead atoms. The molecule has 0 aliphatic heterocycles. The minimum absolute atomic E-state index is 0.0382. The van der Waals surface area contributed by atoms with Gasteiger partial charge in [0, 0.05) is 12.1 Å². The summed E-state index contributed by atoms with van der Waals surface area (Å²) in [6, 6.07) is 17.0. The number of nitrogens with one attached hydrogen (secondary N) is 1. The first-order valence-corrected chi connectivity index (χ1v) is 11.1. The van der Waals surface area contributed by atoms with E-state index in [4.69, 9.17) is 14.2 Å². The number of esters is 1. The van der Waals surface area contributed by atoms with Crippen LogP contribution in [0.2, 0.25) is 0 Å². The Bertz CT molecular complexity index is 1410. The fraction of sp³-hybridized carbons (Fsp3) is 0.148. The summed E-state index contributed by atoms with van der Waals surface area (Å²) in [5.41, 5.74) is 1.31. The van der Waals surface area contributed by atoms with E-state index < -0.39 is 16.8 Å². The molecule has 0 atom stereocenters. The summed E-state index contributed by atoms with van der Waals surface area (Å²) in [5.74, 6) is -0.750. The Kier molecular flexibility index (Phi) is 8.57. The molecule has 0 aromatic heterocycles. The lowest BCUT2D eigenvalue weighted by Gasteiger charge is -2.12. The maximum atomic E-state index is 12.8. The van der Waals surface area contributed by atoms with E-state index in [2.05, 4.69) is 5.32 Å². The summed E-state index contributed by atoms with van der Waals surface area (Å²) in [6.07, 6.45) is 1.31. The lowest BCUT2D eigenvalue weighted by molar-refractivity contribution is -0.384. The molecule has 10 nitrogen and oxygen atoms in total. The number of ether oxygens (including phenoxy) is 3. The molecule has 1 amide bonds. The van der Waals surface area contributed by atoms with Crippen LogP contribution in [0.1, 0.15) is 28.4 Å². The van der Waals surface area contributed by atoms with Gasteiger partial charge in [-0.15, -0.1) is 0 Å². The number of nitro benzene ring substituents is 1. The highest BCUT2D eigenvalue weighted by Gasteiger charge is 2.17. The first-order chi connectivity index (χ1) is 17.7. The number of hydrogen-bond acceptors (Lipinski definition) is 8. The Morgan fingerprint density at radius 3 is 2.38 bits per heavy atom. The van der Waals surface area contributed by atoms with Crippen molar-refractivity contribution in [3.63, 3.8) is 0 Å². The highest BCUT2D eigenvalue weighted by atomic mass is 16.6. The second kappa shape index (κ2) is 12.0. The van der Waals surface area contributed by atoms with Crippen LogP contribution in [0.25, 0.3) is 6.08 Å². The molecule has 0 fully saturated rings. The van der Waals surface area contributed by atoms with Gasteiger partial charge in [0.25, 0.3) is 11.6 Å². The molecular weight excluding hydrogens is 478 g/mol. The smallest absolute Gasteiger partial charge is 0.343 e. The van der Waals surface area contributed by atoms with Gasteiger partial charge >= 0.3 is 5.97 Å². The minimum Gasteiger partial charge on any atom is -0.495 e. The summed E-state index contributed by atoms with van der Waals surface area (Å²) in [7, 11) is 1.35. The van der Waals surface area contributed by atoms with Crippen molar-refractivity contribution in [3.8, 4) is 23.3 Å². The molecule has 0 unspecified atom stereocenters. The molecule has 37 heavy (non-hydrogen) atoms. The zero-order valence-corrected chi connectivity index (χ0v) is 20.3. The molecule has 10 heteroatoms. The molecule has 188 valence electrons. The number of amides is 1. The van der Waals surface area contributed by atoms with E-state index >= 15 is 0 Å². The molecular formula is C27H23N3O7. The fourth-order valence-electron chi connectivity index (χ4n) is 3.23. The molecule has 3 aromatic carbocycles. The second-order valence-corrected chi connectivity index (χ2v) is 7.66. The molecule has 0 aliphatic carbocycles. The van der Waals surface area contributed by atoms with Gasteiger partial charge < -0.3 is 19.5 Å². The first-order valence-electron chi connectivity index (χ1n) is 11.1. The Morgan fingerprint density at radius 2 is 1.76 bits per heavy atom. The number of rotatable bonds is 9. The normalized spacial score (nSPS) is 10.7. The van der Waals surface area contributed by atoms with Crippen molar-refractivity contribution in [2.75, 3.05) is 19.0 Å². The SMILES string of the molecule is CCOc1cc(/C=C(\C#N)C(=O)Nc2cc([N+](=O)[O-])ccc2OC)ccc1OC(=O)c1ccc(C)cc1. The van der Waals surface area contributed by atoms with Gasteiger partial charge in [-0.2, -0.15) is 5.26 Å². The third kappa shape index (κ3) is 6.70. The lowest BCUT2D eigenvalue weighted by Crippen LogP contribution is -2.14. The lowest BCUT2D eigenvalue weighted by atomic mass is 10.1. The number of carbonyl (C=O) groups excluding carboxylic acids is 2. The number of hydrogen-bond donors (Lipinski definition) is 1. The van der Waals surface area contributed by atoms with E-state index in [0.29, 0.717) is 11.1 Å². The number of anilines is 1. The van der Waals surface area contributed by atoms with E-state index in [-0.39, 0.29) is 40.8 Å². The minimum atomic E-state index is -0.797. The van der Waals surface area contributed by atoms with E-state index in [9.17, 15) is 25.0 Å². The van der Waals surface area contributed by atoms with Crippen LogP contribution >= 0.6 is 0 Å². The van der Waals surface area contributed by atoms with Crippen LogP contribution in [-0.4, -0.2) is 30.5 Å². The van der Waals surface area contributed by atoms with Gasteiger partial charge in [-0.3, -0.25) is 14.9 Å². The quantitative estimate of drug-likeness (QED) is 0.107. The van der Waals surface area contributed by atoms with Crippen molar-refractivity contribution in [2.45, 2.75) is 13.8 Å². The molecule has 0 aliphatic rings. The van der Waals surface area contributed by atoms with E-state index in [1.807, 2.05) is 13.0 Å². The van der Waals surface area contributed by atoms with E-state index in [1.165, 1.54) is 37.5 Å². The molecule has 0 saturated carbocycles. The van der Waals surface area contributed by atoms with Crippen LogP contribution in [0.4, 0.5) is 11.4 Å². The van der Waals surface area contributed by atoms with Crippen LogP contribution in [0.3, 0.4) is 0 Å². The predicted molar refractivity (Wildman–Crippen MR) is 136 cm³/mol. The monoisotopic (exact) mass is 501 g/mol. The fourth-order valence-corrected chi connectivity index (χ4v) is 3.23. The molecule has 3 aromatic rings. The van der Waals surface area contributed by atoms with Crippen LogP contribution in [-0.2, 0) is 4.79 Å². The van der Waals surface area contributed by atoms with Crippen molar-refractivity contribution in [1.82, 2.24) is 0 Å². The zero-order valence-electron chi connectivity index (χ0n) is 20.3. The Labute approximate surface area is 212 Å². The van der Waals surface area contributed by atoms with Gasteiger partial charge in [0.1, 0.15) is 17.4 Å². The van der Waals surface area contributed by atoms with Crippen molar-refractivity contribution in [1.29, 1.82) is 5.26 Å². The number of benzene rings is 3. The largest absolute Gasteiger partial charge is 0.495 e. The summed E-state index contributed by atoms with van der Waals surface area (Å²) < 4.78 is 16.2. The molecule has 0 spiro atoms. The molecule has 0 radical (unpaired) electrons. The number of nitriles is 1. The summed E-state index contributed by atoms with van der Waals surface area (Å²) in [5, 5.41) is 23.1. The third-order valence-electron chi connectivity index (χ3n) is 5.08. The summed E-state index contributed by atoms with van der Waals surface area (Å²) in [6.45, 7) is 3.94. The van der Waals surface area contributed by atoms with Gasteiger partial charge in [-0.05, 0) is 55.8 Å². The number of aryl methyl sites for hydroxylation is 1. The molecule has 0 heterocycles. The number of carbonyl (C=O) groups is 2. The van der Waals surface area contributed by atoms with Crippen molar-refractivity contribution in [3.05, 3.63) is 93.0 Å². The summed E-state index contributed by atoms with van der Waals surface area (Å²) >= 11 is 0. The van der Waals surface area contributed by atoms with Crippen LogP contribution in [0.15, 0.2) is 66.2 Å².